The third kappa shape index (κ3) is 3.28. The molecule has 1 heterocycles. The predicted molar refractivity (Wildman–Crippen MR) is 77.2 cm³/mol. The fourth-order valence-electron chi connectivity index (χ4n) is 1.84. The van der Waals surface area contributed by atoms with Crippen molar-refractivity contribution in [2.75, 3.05) is 5.73 Å². The SMILES string of the molecule is CCc1ccc(OCc2ccn(C(C)C)n2)c(N)c1. The summed E-state index contributed by atoms with van der Waals surface area (Å²) in [6, 6.07) is 8.26. The highest BCUT2D eigenvalue weighted by Crippen LogP contribution is 2.23. The fourth-order valence-corrected chi connectivity index (χ4v) is 1.84. The number of nitrogens with two attached hydrogens (primary N) is 1. The first-order valence-corrected chi connectivity index (χ1v) is 6.65. The molecule has 0 aliphatic rings. The van der Waals surface area contributed by atoms with Crippen LogP contribution in [0.2, 0.25) is 0 Å². The van der Waals surface area contributed by atoms with Crippen molar-refractivity contribution >= 4 is 5.69 Å². The van der Waals surface area contributed by atoms with Gasteiger partial charge in [-0.3, -0.25) is 4.68 Å². The molecular weight excluding hydrogens is 238 g/mol. The molecule has 19 heavy (non-hydrogen) atoms. The first-order valence-electron chi connectivity index (χ1n) is 6.65. The number of hydrogen-bond acceptors (Lipinski definition) is 3. The Bertz CT molecular complexity index is 546. The van der Waals surface area contributed by atoms with Crippen molar-refractivity contribution in [3.63, 3.8) is 0 Å². The zero-order chi connectivity index (χ0) is 13.8. The van der Waals surface area contributed by atoms with E-state index in [1.807, 2.05) is 35.1 Å². The van der Waals surface area contributed by atoms with E-state index < -0.39 is 0 Å². The lowest BCUT2D eigenvalue weighted by Gasteiger charge is -2.09. The second kappa shape index (κ2) is 5.78. The summed E-state index contributed by atoms with van der Waals surface area (Å²) in [5.41, 5.74) is 8.77. The van der Waals surface area contributed by atoms with Gasteiger partial charge >= 0.3 is 0 Å². The molecule has 1 aromatic heterocycles. The molecular formula is C15H21N3O. The minimum atomic E-state index is 0.364. The molecule has 0 aliphatic heterocycles. The van der Waals surface area contributed by atoms with Crippen LogP contribution < -0.4 is 10.5 Å². The van der Waals surface area contributed by atoms with Crippen molar-refractivity contribution < 1.29 is 4.74 Å². The van der Waals surface area contributed by atoms with Crippen LogP contribution in [0, 0.1) is 0 Å². The topological polar surface area (TPSA) is 53.1 Å². The van der Waals surface area contributed by atoms with Crippen molar-refractivity contribution in [1.82, 2.24) is 9.78 Å². The summed E-state index contributed by atoms with van der Waals surface area (Å²) in [7, 11) is 0. The highest BCUT2D eigenvalue weighted by molar-refractivity contribution is 5.54. The first-order chi connectivity index (χ1) is 9.10. The molecule has 4 heteroatoms. The van der Waals surface area contributed by atoms with E-state index in [-0.39, 0.29) is 0 Å². The van der Waals surface area contributed by atoms with E-state index in [2.05, 4.69) is 25.9 Å². The van der Waals surface area contributed by atoms with Gasteiger partial charge in [-0.25, -0.2) is 0 Å². The number of hydrogen-bond donors (Lipinski definition) is 1. The number of nitrogens with zero attached hydrogens (tertiary/aromatic N) is 2. The molecule has 2 rings (SSSR count). The van der Waals surface area contributed by atoms with Gasteiger partial charge in [0.15, 0.2) is 0 Å². The average molecular weight is 259 g/mol. The van der Waals surface area contributed by atoms with Gasteiger partial charge in [0, 0.05) is 12.2 Å². The Morgan fingerprint density at radius 3 is 2.68 bits per heavy atom. The summed E-state index contributed by atoms with van der Waals surface area (Å²) in [4.78, 5) is 0. The summed E-state index contributed by atoms with van der Waals surface area (Å²) in [5.74, 6) is 0.719. The molecule has 0 bridgehead atoms. The van der Waals surface area contributed by atoms with E-state index in [0.717, 1.165) is 17.9 Å². The van der Waals surface area contributed by atoms with E-state index >= 15 is 0 Å². The normalized spacial score (nSPS) is 10.9. The van der Waals surface area contributed by atoms with Crippen LogP contribution in [0.25, 0.3) is 0 Å². The highest BCUT2D eigenvalue weighted by atomic mass is 16.5. The molecule has 2 aromatic rings. The van der Waals surface area contributed by atoms with Gasteiger partial charge in [0.2, 0.25) is 0 Å². The number of benzene rings is 1. The maximum Gasteiger partial charge on any atom is 0.142 e. The van der Waals surface area contributed by atoms with E-state index in [1.165, 1.54) is 5.56 Å². The molecule has 0 fully saturated rings. The Morgan fingerprint density at radius 1 is 1.32 bits per heavy atom. The number of rotatable bonds is 5. The number of aromatic nitrogens is 2. The fraction of sp³-hybridized carbons (Fsp3) is 0.400. The summed E-state index contributed by atoms with van der Waals surface area (Å²) in [5, 5.41) is 4.44. The van der Waals surface area contributed by atoms with Gasteiger partial charge < -0.3 is 10.5 Å². The molecule has 0 amide bonds. The Hall–Kier alpha value is -1.97. The van der Waals surface area contributed by atoms with Crippen LogP contribution in [-0.4, -0.2) is 9.78 Å². The van der Waals surface area contributed by atoms with Gasteiger partial charge in [0.05, 0.1) is 11.4 Å². The molecule has 2 N–H and O–H groups in total. The monoisotopic (exact) mass is 259 g/mol. The predicted octanol–water partition coefficient (Wildman–Crippen LogP) is 3.19. The standard InChI is InChI=1S/C15H21N3O/c1-4-12-5-6-15(14(16)9-12)19-10-13-7-8-18(17-13)11(2)3/h5-9,11H,4,10,16H2,1-3H3. The largest absolute Gasteiger partial charge is 0.485 e. The summed E-state index contributed by atoms with van der Waals surface area (Å²) in [6.07, 6.45) is 2.94. The molecule has 102 valence electrons. The lowest BCUT2D eigenvalue weighted by atomic mass is 10.1. The van der Waals surface area contributed by atoms with E-state index in [9.17, 15) is 0 Å². The molecule has 0 aliphatic carbocycles. The van der Waals surface area contributed by atoms with E-state index in [1.54, 1.807) is 0 Å². The summed E-state index contributed by atoms with van der Waals surface area (Å²) >= 11 is 0. The first kappa shape index (κ1) is 13.5. The number of anilines is 1. The third-order valence-electron chi connectivity index (χ3n) is 3.05. The van der Waals surface area contributed by atoms with Crippen LogP contribution in [0.15, 0.2) is 30.5 Å². The van der Waals surface area contributed by atoms with Gasteiger partial charge in [0.1, 0.15) is 12.4 Å². The lowest BCUT2D eigenvalue weighted by Crippen LogP contribution is -2.04. The Balaban J connectivity index is 2.01. The summed E-state index contributed by atoms with van der Waals surface area (Å²) in [6.45, 7) is 6.74. The highest BCUT2D eigenvalue weighted by Gasteiger charge is 2.05. The van der Waals surface area contributed by atoms with Crippen molar-refractivity contribution in [3.8, 4) is 5.75 Å². The minimum Gasteiger partial charge on any atom is -0.485 e. The minimum absolute atomic E-state index is 0.364. The van der Waals surface area contributed by atoms with Gasteiger partial charge in [-0.15, -0.1) is 0 Å². The molecule has 1 aromatic carbocycles. The zero-order valence-electron chi connectivity index (χ0n) is 11.8. The van der Waals surface area contributed by atoms with Crippen molar-refractivity contribution in [1.29, 1.82) is 0 Å². The Kier molecular flexibility index (Phi) is 4.10. The van der Waals surface area contributed by atoms with E-state index in [4.69, 9.17) is 10.5 Å². The average Bonchev–Trinajstić information content (AvgIpc) is 2.86. The smallest absolute Gasteiger partial charge is 0.142 e. The number of aryl methyl sites for hydroxylation is 1. The van der Waals surface area contributed by atoms with Crippen molar-refractivity contribution in [2.24, 2.45) is 0 Å². The third-order valence-corrected chi connectivity index (χ3v) is 3.05. The van der Waals surface area contributed by atoms with Crippen molar-refractivity contribution in [2.45, 2.75) is 39.8 Å². The van der Waals surface area contributed by atoms with Crippen LogP contribution >= 0.6 is 0 Å². The van der Waals surface area contributed by atoms with Crippen LogP contribution in [0.3, 0.4) is 0 Å². The van der Waals surface area contributed by atoms with Crippen molar-refractivity contribution in [3.05, 3.63) is 41.7 Å². The van der Waals surface area contributed by atoms with Crippen LogP contribution in [0.4, 0.5) is 5.69 Å². The molecule has 0 spiro atoms. The number of nitrogen functional groups attached to an aromatic ring is 1. The maximum atomic E-state index is 5.96. The van der Waals surface area contributed by atoms with Gasteiger partial charge in [-0.2, -0.15) is 5.10 Å². The quantitative estimate of drug-likeness (QED) is 0.839. The molecule has 0 unspecified atom stereocenters. The van der Waals surface area contributed by atoms with Gasteiger partial charge in [-0.1, -0.05) is 13.0 Å². The second-order valence-corrected chi connectivity index (χ2v) is 4.90. The number of ether oxygens (including phenoxy) is 1. The second-order valence-electron chi connectivity index (χ2n) is 4.90. The summed E-state index contributed by atoms with van der Waals surface area (Å²) < 4.78 is 7.63. The van der Waals surface area contributed by atoms with Gasteiger partial charge in [0.25, 0.3) is 0 Å². The molecule has 0 saturated heterocycles. The molecule has 0 atom stereocenters. The lowest BCUT2D eigenvalue weighted by molar-refractivity contribution is 0.300. The van der Waals surface area contributed by atoms with Crippen LogP contribution in [0.1, 0.15) is 38.1 Å². The molecule has 4 nitrogen and oxygen atoms in total. The van der Waals surface area contributed by atoms with Gasteiger partial charge in [-0.05, 0) is 44.0 Å². The van der Waals surface area contributed by atoms with Crippen LogP contribution in [0.5, 0.6) is 5.75 Å². The zero-order valence-corrected chi connectivity index (χ0v) is 11.8. The maximum absolute atomic E-state index is 5.96. The Morgan fingerprint density at radius 2 is 2.11 bits per heavy atom. The van der Waals surface area contributed by atoms with Crippen LogP contribution in [-0.2, 0) is 13.0 Å². The molecule has 0 radical (unpaired) electrons. The molecule has 0 saturated carbocycles. The van der Waals surface area contributed by atoms with E-state index in [0.29, 0.717) is 18.3 Å². The Labute approximate surface area is 114 Å².